The summed E-state index contributed by atoms with van der Waals surface area (Å²) in [6.45, 7) is 2.74. The number of nitrogens with zero attached hydrogens (tertiary/aromatic N) is 5. The number of benzene rings is 1. The zero-order valence-electron chi connectivity index (χ0n) is 15.6. The molecule has 0 aliphatic carbocycles. The van der Waals surface area contributed by atoms with Crippen LogP contribution in [0.1, 0.15) is 6.92 Å². The van der Waals surface area contributed by atoms with Crippen LogP contribution in [0.3, 0.4) is 0 Å². The van der Waals surface area contributed by atoms with Gasteiger partial charge < -0.3 is 14.8 Å². The van der Waals surface area contributed by atoms with E-state index >= 15 is 0 Å². The van der Waals surface area contributed by atoms with Crippen molar-refractivity contribution < 1.29 is 4.79 Å². The van der Waals surface area contributed by atoms with Crippen LogP contribution in [0.2, 0.25) is 0 Å². The summed E-state index contributed by atoms with van der Waals surface area (Å²) in [4.78, 5) is 18.4. The van der Waals surface area contributed by atoms with Gasteiger partial charge in [0.25, 0.3) is 0 Å². The van der Waals surface area contributed by atoms with Gasteiger partial charge in [-0.1, -0.05) is 11.8 Å². The average Bonchev–Trinajstić information content (AvgIpc) is 3.10. The maximum Gasteiger partial charge on any atom is 0.234 e. The summed E-state index contributed by atoms with van der Waals surface area (Å²) in [6.07, 6.45) is 3.48. The first-order valence-electron chi connectivity index (χ1n) is 8.62. The predicted molar refractivity (Wildman–Crippen MR) is 109 cm³/mol. The van der Waals surface area contributed by atoms with Crippen LogP contribution in [-0.2, 0) is 11.3 Å². The molecule has 2 heterocycles. The maximum atomic E-state index is 12.3. The van der Waals surface area contributed by atoms with Crippen LogP contribution in [-0.4, -0.2) is 45.5 Å². The van der Waals surface area contributed by atoms with E-state index in [9.17, 15) is 4.79 Å². The van der Waals surface area contributed by atoms with Gasteiger partial charge in [-0.25, -0.2) is 0 Å². The first-order chi connectivity index (χ1) is 13.1. The van der Waals surface area contributed by atoms with Crippen molar-refractivity contribution in [2.75, 3.05) is 30.1 Å². The zero-order valence-corrected chi connectivity index (χ0v) is 16.4. The van der Waals surface area contributed by atoms with Crippen molar-refractivity contribution in [1.82, 2.24) is 19.7 Å². The van der Waals surface area contributed by atoms with E-state index in [0.29, 0.717) is 6.54 Å². The van der Waals surface area contributed by atoms with Crippen LogP contribution in [0.4, 0.5) is 11.4 Å². The van der Waals surface area contributed by atoms with Gasteiger partial charge in [0.1, 0.15) is 0 Å². The van der Waals surface area contributed by atoms with Gasteiger partial charge in [0.15, 0.2) is 11.0 Å². The highest BCUT2D eigenvalue weighted by Gasteiger charge is 2.14. The molecule has 0 radical (unpaired) electrons. The third kappa shape index (κ3) is 4.65. The van der Waals surface area contributed by atoms with Gasteiger partial charge >= 0.3 is 0 Å². The van der Waals surface area contributed by atoms with E-state index in [-0.39, 0.29) is 11.7 Å². The summed E-state index contributed by atoms with van der Waals surface area (Å²) in [7, 11) is 3.96. The number of carbonyl (C=O) groups is 1. The Hall–Kier alpha value is -2.87. The second-order valence-electron chi connectivity index (χ2n) is 6.07. The number of thioether (sulfide) groups is 1. The summed E-state index contributed by atoms with van der Waals surface area (Å²) < 4.78 is 1.99. The van der Waals surface area contributed by atoms with Gasteiger partial charge in [-0.05, 0) is 43.3 Å². The van der Waals surface area contributed by atoms with Gasteiger partial charge in [-0.2, -0.15) is 0 Å². The van der Waals surface area contributed by atoms with Gasteiger partial charge in [-0.15, -0.1) is 10.2 Å². The molecule has 1 amide bonds. The highest BCUT2D eigenvalue weighted by atomic mass is 32.2. The summed E-state index contributed by atoms with van der Waals surface area (Å²) in [6, 6.07) is 11.5. The van der Waals surface area contributed by atoms with Crippen LogP contribution in [0.5, 0.6) is 0 Å². The molecule has 0 aliphatic rings. The van der Waals surface area contributed by atoms with Crippen LogP contribution in [0.15, 0.2) is 53.9 Å². The van der Waals surface area contributed by atoms with Gasteiger partial charge in [-0.3, -0.25) is 9.78 Å². The normalized spacial score (nSPS) is 10.6. The Morgan fingerprint density at radius 1 is 1.19 bits per heavy atom. The van der Waals surface area contributed by atoms with Crippen molar-refractivity contribution in [3.63, 3.8) is 0 Å². The monoisotopic (exact) mass is 382 g/mol. The molecule has 0 fully saturated rings. The number of carbonyl (C=O) groups excluding carboxylic acids is 1. The largest absolute Gasteiger partial charge is 0.378 e. The minimum atomic E-state index is -0.0776. The van der Waals surface area contributed by atoms with Crippen molar-refractivity contribution in [3.05, 3.63) is 48.8 Å². The molecule has 3 aromatic rings. The summed E-state index contributed by atoms with van der Waals surface area (Å²) in [5.41, 5.74) is 2.77. The summed E-state index contributed by atoms with van der Waals surface area (Å²) >= 11 is 1.37. The third-order valence-corrected chi connectivity index (χ3v) is 4.92. The number of hydrogen-bond donors (Lipinski definition) is 1. The smallest absolute Gasteiger partial charge is 0.234 e. The average molecular weight is 382 g/mol. The number of rotatable bonds is 7. The Balaban J connectivity index is 1.63. The molecule has 1 aromatic carbocycles. The third-order valence-electron chi connectivity index (χ3n) is 3.95. The Kier molecular flexibility index (Phi) is 6.08. The van der Waals surface area contributed by atoms with Crippen molar-refractivity contribution in [1.29, 1.82) is 0 Å². The van der Waals surface area contributed by atoms with Crippen LogP contribution in [0.25, 0.3) is 11.4 Å². The molecule has 8 heteroatoms. The van der Waals surface area contributed by atoms with Gasteiger partial charge in [0, 0.05) is 50.0 Å². The fourth-order valence-electron chi connectivity index (χ4n) is 2.56. The quantitative estimate of drug-likeness (QED) is 0.633. The van der Waals surface area contributed by atoms with Crippen molar-refractivity contribution in [2.45, 2.75) is 18.6 Å². The van der Waals surface area contributed by atoms with E-state index in [1.54, 1.807) is 12.4 Å². The molecule has 3 rings (SSSR count). The lowest BCUT2D eigenvalue weighted by Gasteiger charge is -2.13. The van der Waals surface area contributed by atoms with E-state index in [4.69, 9.17) is 0 Å². The van der Waals surface area contributed by atoms with E-state index in [1.165, 1.54) is 11.8 Å². The number of anilines is 2. The van der Waals surface area contributed by atoms with E-state index in [2.05, 4.69) is 20.5 Å². The first-order valence-corrected chi connectivity index (χ1v) is 9.60. The number of nitrogens with one attached hydrogen (secondary N) is 1. The second kappa shape index (κ2) is 8.68. The first kappa shape index (κ1) is 18.9. The number of pyridine rings is 1. The van der Waals surface area contributed by atoms with Gasteiger partial charge in [0.2, 0.25) is 5.91 Å². The topological polar surface area (TPSA) is 75.9 Å². The minimum Gasteiger partial charge on any atom is -0.378 e. The van der Waals surface area contributed by atoms with Crippen molar-refractivity contribution >= 4 is 29.0 Å². The van der Waals surface area contributed by atoms with E-state index in [0.717, 1.165) is 27.9 Å². The molecule has 27 heavy (non-hydrogen) atoms. The number of amides is 1. The molecule has 0 unspecified atom stereocenters. The lowest BCUT2D eigenvalue weighted by atomic mass is 10.2. The van der Waals surface area contributed by atoms with Gasteiger partial charge in [0.05, 0.1) is 5.75 Å². The number of hydrogen-bond acceptors (Lipinski definition) is 6. The second-order valence-corrected chi connectivity index (χ2v) is 7.01. The van der Waals surface area contributed by atoms with Crippen molar-refractivity contribution in [3.8, 4) is 11.4 Å². The highest BCUT2D eigenvalue weighted by Crippen LogP contribution is 2.23. The Labute approximate surface area is 162 Å². The molecule has 1 N–H and O–H groups in total. The molecule has 140 valence electrons. The lowest BCUT2D eigenvalue weighted by molar-refractivity contribution is -0.113. The molecule has 0 saturated heterocycles. The Morgan fingerprint density at radius 2 is 1.96 bits per heavy atom. The standard InChI is InChI=1S/C19H22N6OS/c1-4-25-18(14-6-5-11-20-12-14)22-23-19(25)27-13-17(26)21-15-7-9-16(10-8-15)24(2)3/h5-12H,4,13H2,1-3H3,(H,21,26). The predicted octanol–water partition coefficient (Wildman–Crippen LogP) is 3.16. The molecule has 7 nitrogen and oxygen atoms in total. The zero-order chi connectivity index (χ0) is 19.2. The summed E-state index contributed by atoms with van der Waals surface area (Å²) in [5.74, 6) is 0.944. The Bertz CT molecular complexity index is 892. The molecular weight excluding hydrogens is 360 g/mol. The molecule has 0 bridgehead atoms. The lowest BCUT2D eigenvalue weighted by Crippen LogP contribution is -2.15. The fraction of sp³-hybridized carbons (Fsp3) is 0.263. The van der Waals surface area contributed by atoms with Crippen LogP contribution >= 0.6 is 11.8 Å². The van der Waals surface area contributed by atoms with Crippen LogP contribution in [0, 0.1) is 0 Å². The van der Waals surface area contributed by atoms with E-state index < -0.39 is 0 Å². The van der Waals surface area contributed by atoms with Crippen molar-refractivity contribution in [2.24, 2.45) is 0 Å². The molecule has 0 aliphatic heterocycles. The summed E-state index contributed by atoms with van der Waals surface area (Å²) in [5, 5.41) is 12.1. The number of aromatic nitrogens is 4. The fourth-order valence-corrected chi connectivity index (χ4v) is 3.36. The molecule has 0 saturated carbocycles. The van der Waals surface area contributed by atoms with E-state index in [1.807, 2.05) is 66.9 Å². The maximum absolute atomic E-state index is 12.3. The molecule has 0 spiro atoms. The molecular formula is C19H22N6OS. The Morgan fingerprint density at radius 3 is 2.59 bits per heavy atom. The SMILES string of the molecule is CCn1c(SCC(=O)Nc2ccc(N(C)C)cc2)nnc1-c1cccnc1. The van der Waals surface area contributed by atoms with Crippen LogP contribution < -0.4 is 10.2 Å². The highest BCUT2D eigenvalue weighted by molar-refractivity contribution is 7.99. The molecule has 2 aromatic heterocycles. The molecule has 0 atom stereocenters. The minimum absolute atomic E-state index is 0.0776.